The molecule has 30 heavy (non-hydrogen) atoms. The molecule has 0 atom stereocenters. The molecular weight excluding hydrogens is 410 g/mol. The van der Waals surface area contributed by atoms with Crippen molar-refractivity contribution in [3.8, 4) is 11.8 Å². The number of esters is 1. The molecule has 1 aliphatic rings. The van der Waals surface area contributed by atoms with Gasteiger partial charge in [0.05, 0.1) is 17.6 Å². The molecule has 0 saturated heterocycles. The van der Waals surface area contributed by atoms with Crippen molar-refractivity contribution in [1.82, 2.24) is 0 Å². The number of fused-ring (bicyclic) bond motifs is 1. The van der Waals surface area contributed by atoms with Crippen molar-refractivity contribution in [2.24, 2.45) is 0 Å². The highest BCUT2D eigenvalue weighted by molar-refractivity contribution is 7.16. The summed E-state index contributed by atoms with van der Waals surface area (Å²) in [5.74, 6) is -1.42. The quantitative estimate of drug-likeness (QED) is 0.321. The number of aryl methyl sites for hydroxylation is 1. The van der Waals surface area contributed by atoms with Crippen LogP contribution in [0, 0.1) is 21.4 Å². The summed E-state index contributed by atoms with van der Waals surface area (Å²) in [6.45, 7) is -0.599. The SMILES string of the molecule is COc1ccc([N+](=O)[O-])cc1C(=O)OCC(=O)Nc1sc2c(c1C#N)CCCCC2. The maximum atomic E-state index is 12.3. The van der Waals surface area contributed by atoms with E-state index in [1.807, 2.05) is 0 Å². The van der Waals surface area contributed by atoms with Gasteiger partial charge in [-0.3, -0.25) is 14.9 Å². The van der Waals surface area contributed by atoms with Gasteiger partial charge >= 0.3 is 5.97 Å². The zero-order valence-corrected chi connectivity index (χ0v) is 17.0. The number of hydrogen-bond acceptors (Lipinski definition) is 8. The van der Waals surface area contributed by atoms with Gasteiger partial charge in [0.15, 0.2) is 6.61 Å². The first-order valence-corrected chi connectivity index (χ1v) is 10.1. The highest BCUT2D eigenvalue weighted by atomic mass is 32.1. The number of hydrogen-bond donors (Lipinski definition) is 1. The summed E-state index contributed by atoms with van der Waals surface area (Å²) in [5, 5.41) is 23.5. The average molecular weight is 429 g/mol. The molecule has 1 aromatic carbocycles. The summed E-state index contributed by atoms with van der Waals surface area (Å²) < 4.78 is 10.0. The van der Waals surface area contributed by atoms with Crippen LogP contribution in [-0.2, 0) is 22.4 Å². The molecule has 9 nitrogen and oxygen atoms in total. The van der Waals surface area contributed by atoms with E-state index in [-0.39, 0.29) is 17.0 Å². The number of nitro groups is 1. The molecule has 2 aromatic rings. The van der Waals surface area contributed by atoms with Crippen LogP contribution >= 0.6 is 11.3 Å². The number of thiophene rings is 1. The number of anilines is 1. The highest BCUT2D eigenvalue weighted by Gasteiger charge is 2.23. The molecule has 0 spiro atoms. The Bertz CT molecular complexity index is 1040. The van der Waals surface area contributed by atoms with E-state index in [4.69, 9.17) is 9.47 Å². The zero-order chi connectivity index (χ0) is 21.7. The molecule has 156 valence electrons. The molecule has 0 aliphatic heterocycles. The Morgan fingerprint density at radius 2 is 2.07 bits per heavy atom. The first-order chi connectivity index (χ1) is 14.4. The molecule has 10 heteroatoms. The third-order valence-corrected chi connectivity index (χ3v) is 5.94. The van der Waals surface area contributed by atoms with Gasteiger partial charge in [0.25, 0.3) is 11.6 Å². The van der Waals surface area contributed by atoms with Gasteiger partial charge < -0.3 is 14.8 Å². The van der Waals surface area contributed by atoms with Crippen molar-refractivity contribution < 1.29 is 24.0 Å². The van der Waals surface area contributed by atoms with Crippen LogP contribution in [0.4, 0.5) is 10.7 Å². The number of ether oxygens (including phenoxy) is 2. The van der Waals surface area contributed by atoms with Crippen molar-refractivity contribution in [2.75, 3.05) is 19.0 Å². The van der Waals surface area contributed by atoms with Gasteiger partial charge in [-0.2, -0.15) is 5.26 Å². The van der Waals surface area contributed by atoms with Crippen molar-refractivity contribution in [2.45, 2.75) is 32.1 Å². The summed E-state index contributed by atoms with van der Waals surface area (Å²) in [6, 6.07) is 5.68. The van der Waals surface area contributed by atoms with E-state index in [1.54, 1.807) is 0 Å². The number of nitriles is 1. The lowest BCUT2D eigenvalue weighted by atomic mass is 10.1. The number of carbonyl (C=O) groups is 2. The Labute approximate surface area is 176 Å². The number of non-ortho nitro benzene ring substituents is 1. The molecular formula is C20H19N3O6S. The largest absolute Gasteiger partial charge is 0.496 e. The smallest absolute Gasteiger partial charge is 0.342 e. The first kappa shape index (κ1) is 21.3. The molecule has 1 aromatic heterocycles. The maximum Gasteiger partial charge on any atom is 0.342 e. The summed E-state index contributed by atoms with van der Waals surface area (Å²) in [7, 11) is 1.31. The number of nitrogens with one attached hydrogen (secondary N) is 1. The lowest BCUT2D eigenvalue weighted by molar-refractivity contribution is -0.384. The zero-order valence-electron chi connectivity index (χ0n) is 16.2. The average Bonchev–Trinajstić information content (AvgIpc) is 2.90. The van der Waals surface area contributed by atoms with E-state index in [1.165, 1.54) is 30.6 Å². The van der Waals surface area contributed by atoms with E-state index < -0.39 is 23.4 Å². The van der Waals surface area contributed by atoms with Crippen molar-refractivity contribution in [3.05, 3.63) is 49.9 Å². The fourth-order valence-electron chi connectivity index (χ4n) is 3.29. The Hall–Kier alpha value is -3.45. The van der Waals surface area contributed by atoms with Crippen LogP contribution in [0.5, 0.6) is 5.75 Å². The van der Waals surface area contributed by atoms with E-state index in [0.717, 1.165) is 48.6 Å². The topological polar surface area (TPSA) is 132 Å². The maximum absolute atomic E-state index is 12.3. The molecule has 1 amide bonds. The van der Waals surface area contributed by atoms with E-state index in [9.17, 15) is 25.0 Å². The van der Waals surface area contributed by atoms with E-state index >= 15 is 0 Å². The number of benzene rings is 1. The van der Waals surface area contributed by atoms with Crippen LogP contribution in [-0.4, -0.2) is 30.5 Å². The normalized spacial score (nSPS) is 12.8. The molecule has 1 aliphatic carbocycles. The number of rotatable bonds is 6. The molecule has 0 bridgehead atoms. The highest BCUT2D eigenvalue weighted by Crippen LogP contribution is 2.37. The predicted octanol–water partition coefficient (Wildman–Crippen LogP) is 3.60. The second-order valence-electron chi connectivity index (χ2n) is 6.65. The van der Waals surface area contributed by atoms with Crippen LogP contribution in [0.3, 0.4) is 0 Å². The van der Waals surface area contributed by atoms with Crippen LogP contribution < -0.4 is 10.1 Å². The van der Waals surface area contributed by atoms with Gasteiger partial charge in [0.1, 0.15) is 22.4 Å². The third-order valence-electron chi connectivity index (χ3n) is 4.73. The van der Waals surface area contributed by atoms with Crippen molar-refractivity contribution in [1.29, 1.82) is 5.26 Å². The van der Waals surface area contributed by atoms with Crippen LogP contribution in [0.15, 0.2) is 18.2 Å². The number of nitro benzene ring substituents is 1. The summed E-state index contributed by atoms with van der Waals surface area (Å²) in [4.78, 5) is 36.0. The summed E-state index contributed by atoms with van der Waals surface area (Å²) >= 11 is 1.38. The monoisotopic (exact) mass is 429 g/mol. The second-order valence-corrected chi connectivity index (χ2v) is 7.75. The minimum atomic E-state index is -0.923. The molecule has 1 N–H and O–H groups in total. The first-order valence-electron chi connectivity index (χ1n) is 9.28. The van der Waals surface area contributed by atoms with Crippen LogP contribution in [0.1, 0.15) is 45.6 Å². The minimum absolute atomic E-state index is 0.0970. The number of amides is 1. The van der Waals surface area contributed by atoms with Gasteiger partial charge in [-0.25, -0.2) is 4.79 Å². The standard InChI is InChI=1S/C20H19N3O6S/c1-28-16-8-7-12(23(26)27)9-14(16)20(25)29-11-18(24)22-19-15(10-21)13-5-3-2-4-6-17(13)30-19/h7-9H,2-6,11H2,1H3,(H,22,24). The second kappa shape index (κ2) is 9.37. The Balaban J connectivity index is 1.68. The Morgan fingerprint density at radius 3 is 2.77 bits per heavy atom. The van der Waals surface area contributed by atoms with Gasteiger partial charge in [-0.1, -0.05) is 6.42 Å². The predicted molar refractivity (Wildman–Crippen MR) is 109 cm³/mol. The molecule has 0 unspecified atom stereocenters. The lowest BCUT2D eigenvalue weighted by Crippen LogP contribution is -2.21. The number of methoxy groups -OCH3 is 1. The van der Waals surface area contributed by atoms with Crippen molar-refractivity contribution >= 4 is 33.9 Å². The number of nitrogens with zero attached hydrogens (tertiary/aromatic N) is 2. The van der Waals surface area contributed by atoms with Gasteiger partial charge in [0, 0.05) is 17.0 Å². The molecule has 0 saturated carbocycles. The van der Waals surface area contributed by atoms with Crippen LogP contribution in [0.25, 0.3) is 0 Å². The van der Waals surface area contributed by atoms with Gasteiger partial charge in [0.2, 0.25) is 0 Å². The third kappa shape index (κ3) is 4.58. The van der Waals surface area contributed by atoms with Gasteiger partial charge in [-0.15, -0.1) is 11.3 Å². The minimum Gasteiger partial charge on any atom is -0.496 e. The fourth-order valence-corrected chi connectivity index (χ4v) is 4.55. The van der Waals surface area contributed by atoms with Gasteiger partial charge in [-0.05, 0) is 37.3 Å². The lowest BCUT2D eigenvalue weighted by Gasteiger charge is -2.09. The molecule has 0 fully saturated rings. The Morgan fingerprint density at radius 1 is 1.30 bits per heavy atom. The molecule has 3 rings (SSSR count). The number of carbonyl (C=O) groups excluding carboxylic acids is 2. The molecule has 0 radical (unpaired) electrons. The van der Waals surface area contributed by atoms with E-state index in [2.05, 4.69) is 11.4 Å². The van der Waals surface area contributed by atoms with E-state index in [0.29, 0.717) is 10.6 Å². The Kier molecular flexibility index (Phi) is 6.64. The summed E-state index contributed by atoms with van der Waals surface area (Å²) in [5.41, 5.74) is 1.01. The molecule has 1 heterocycles. The van der Waals surface area contributed by atoms with Crippen molar-refractivity contribution in [3.63, 3.8) is 0 Å². The summed E-state index contributed by atoms with van der Waals surface area (Å²) in [6.07, 6.45) is 4.87. The van der Waals surface area contributed by atoms with Crippen LogP contribution in [0.2, 0.25) is 0 Å². The fraction of sp³-hybridized carbons (Fsp3) is 0.350.